The van der Waals surface area contributed by atoms with Crippen LogP contribution in [0, 0.1) is 5.41 Å². The van der Waals surface area contributed by atoms with Crippen LogP contribution in [-0.2, 0) is 4.74 Å². The summed E-state index contributed by atoms with van der Waals surface area (Å²) in [6.45, 7) is 1.12. The standard InChI is InChI=1S/C7H9N3O/c8-7-2-1-6(9-10-7)5-3-11-4-5/h1-2,5H,3-4H2,(H2,8,10)/i1D,2D. The summed E-state index contributed by atoms with van der Waals surface area (Å²) in [7, 11) is 0. The molecule has 4 heteroatoms. The van der Waals surface area contributed by atoms with Crippen LogP contribution >= 0.6 is 0 Å². The van der Waals surface area contributed by atoms with Gasteiger partial charge < -0.3 is 4.74 Å². The molecule has 0 radical (unpaired) electrons. The maximum atomic E-state index is 7.56. The zero-order valence-electron chi connectivity index (χ0n) is 7.85. The first-order chi connectivity index (χ1) is 6.20. The second kappa shape index (κ2) is 2.47. The van der Waals surface area contributed by atoms with Crippen LogP contribution in [-0.4, -0.2) is 23.4 Å². The Labute approximate surface area is 66.5 Å². The highest BCUT2D eigenvalue weighted by Crippen LogP contribution is 2.20. The van der Waals surface area contributed by atoms with Gasteiger partial charge in [-0.15, -0.1) is 0 Å². The molecule has 0 spiro atoms. The molecule has 1 fully saturated rings. The van der Waals surface area contributed by atoms with Gasteiger partial charge in [0.05, 0.1) is 21.6 Å². The second-order valence-electron chi connectivity index (χ2n) is 2.47. The average molecular weight is 153 g/mol. The summed E-state index contributed by atoms with van der Waals surface area (Å²) in [5, 5.41) is 13.5. The minimum atomic E-state index is -0.117. The van der Waals surface area contributed by atoms with Gasteiger partial charge in [0.25, 0.3) is 0 Å². The third-order valence-corrected chi connectivity index (χ3v) is 1.63. The molecule has 1 aliphatic heterocycles. The number of nitrogens with zero attached hydrogens (tertiary/aromatic N) is 1. The molecule has 4 nitrogen and oxygen atoms in total. The number of aromatic nitrogens is 2. The molecule has 11 heavy (non-hydrogen) atoms. The number of nitrogens with one attached hydrogen (secondary N) is 2. The molecule has 0 atom stereocenters. The Morgan fingerprint density at radius 1 is 1.73 bits per heavy atom. The van der Waals surface area contributed by atoms with Crippen molar-refractivity contribution in [3.63, 3.8) is 0 Å². The van der Waals surface area contributed by atoms with Gasteiger partial charge in [-0.05, 0) is 12.1 Å². The van der Waals surface area contributed by atoms with E-state index in [-0.39, 0.29) is 23.5 Å². The number of H-pyrrole nitrogens is 1. The Morgan fingerprint density at radius 3 is 3.18 bits per heavy atom. The SMILES string of the molecule is [2H]c1c(C2COC2)n[nH]c(=N)c1[2H]. The molecule has 0 amide bonds. The second-order valence-corrected chi connectivity index (χ2v) is 2.47. The molecule has 2 N–H and O–H groups in total. The molecule has 0 aliphatic carbocycles. The summed E-state index contributed by atoms with van der Waals surface area (Å²) < 4.78 is 19.9. The third-order valence-electron chi connectivity index (χ3n) is 1.63. The van der Waals surface area contributed by atoms with Gasteiger partial charge >= 0.3 is 0 Å². The highest BCUT2D eigenvalue weighted by atomic mass is 16.5. The Hall–Kier alpha value is -1.16. The zero-order chi connectivity index (χ0) is 9.42. The van der Waals surface area contributed by atoms with Crippen LogP contribution in [0.4, 0.5) is 0 Å². The molecule has 0 bridgehead atoms. The molecule has 2 heterocycles. The quantitative estimate of drug-likeness (QED) is 0.596. The number of rotatable bonds is 1. The third kappa shape index (κ3) is 1.17. The predicted molar refractivity (Wildman–Crippen MR) is 38.0 cm³/mol. The summed E-state index contributed by atoms with van der Waals surface area (Å²) >= 11 is 0. The van der Waals surface area contributed by atoms with Crippen LogP contribution in [0.1, 0.15) is 14.4 Å². The van der Waals surface area contributed by atoms with Gasteiger partial charge in [-0.2, -0.15) is 5.10 Å². The Kier molecular flexibility index (Phi) is 1.05. The first-order valence-electron chi connectivity index (χ1n) is 4.38. The smallest absolute Gasteiger partial charge is 0.138 e. The minimum absolute atomic E-state index is 0.0389. The molecule has 0 aromatic carbocycles. The fraction of sp³-hybridized carbons (Fsp3) is 0.429. The molecule has 1 aliphatic rings. The monoisotopic (exact) mass is 153 g/mol. The van der Waals surface area contributed by atoms with Crippen molar-refractivity contribution in [3.05, 3.63) is 23.3 Å². The largest absolute Gasteiger partial charge is 0.380 e. The Morgan fingerprint density at radius 2 is 2.55 bits per heavy atom. The van der Waals surface area contributed by atoms with Crippen LogP contribution in [0.25, 0.3) is 0 Å². The van der Waals surface area contributed by atoms with Crippen LogP contribution in [0.5, 0.6) is 0 Å². The van der Waals surface area contributed by atoms with E-state index in [1.54, 1.807) is 0 Å². The summed E-state index contributed by atoms with van der Waals surface area (Å²) in [4.78, 5) is 0. The predicted octanol–water partition coefficient (Wildman–Crippen LogP) is 0.00297. The van der Waals surface area contributed by atoms with Crippen molar-refractivity contribution in [2.45, 2.75) is 5.92 Å². The van der Waals surface area contributed by atoms with Crippen LogP contribution in [0.3, 0.4) is 0 Å². The van der Waals surface area contributed by atoms with E-state index in [4.69, 9.17) is 12.9 Å². The molecular weight excluding hydrogens is 142 g/mol. The summed E-state index contributed by atoms with van der Waals surface area (Å²) in [6.07, 6.45) is 0. The fourth-order valence-electron chi connectivity index (χ4n) is 0.885. The fourth-order valence-corrected chi connectivity index (χ4v) is 0.885. The van der Waals surface area contributed by atoms with E-state index in [1.807, 2.05) is 0 Å². The Bertz CT molecular complexity index is 386. The lowest BCUT2D eigenvalue weighted by Crippen LogP contribution is -2.27. The number of aromatic amines is 1. The van der Waals surface area contributed by atoms with Crippen molar-refractivity contribution in [2.24, 2.45) is 0 Å². The molecule has 1 aromatic rings. The number of hydrogen-bond donors (Lipinski definition) is 2. The van der Waals surface area contributed by atoms with Crippen molar-refractivity contribution in [2.75, 3.05) is 13.2 Å². The first kappa shape index (κ1) is 4.66. The molecule has 2 rings (SSSR count). The molecule has 1 saturated heterocycles. The maximum Gasteiger partial charge on any atom is 0.138 e. The summed E-state index contributed by atoms with van der Waals surface area (Å²) in [5.41, 5.74) is 0.418. The zero-order valence-corrected chi connectivity index (χ0v) is 5.85. The van der Waals surface area contributed by atoms with Gasteiger partial charge in [-0.1, -0.05) is 0 Å². The average Bonchev–Trinajstić information content (AvgIpc) is 2.03. The topological polar surface area (TPSA) is 61.8 Å². The first-order valence-corrected chi connectivity index (χ1v) is 3.38. The van der Waals surface area contributed by atoms with E-state index >= 15 is 0 Å². The highest BCUT2D eigenvalue weighted by molar-refractivity contribution is 5.08. The minimum Gasteiger partial charge on any atom is -0.380 e. The van der Waals surface area contributed by atoms with Crippen molar-refractivity contribution >= 4 is 0 Å². The normalized spacial score (nSPS) is 20.4. The molecule has 0 saturated carbocycles. The lowest BCUT2D eigenvalue weighted by Gasteiger charge is -2.24. The van der Waals surface area contributed by atoms with Crippen molar-refractivity contribution < 1.29 is 7.48 Å². The van der Waals surface area contributed by atoms with Gasteiger partial charge in [0, 0.05) is 5.92 Å². The lowest BCUT2D eigenvalue weighted by molar-refractivity contribution is 0.00632. The highest BCUT2D eigenvalue weighted by Gasteiger charge is 2.21. The van der Waals surface area contributed by atoms with Crippen molar-refractivity contribution in [3.8, 4) is 0 Å². The Balaban J connectivity index is 2.47. The molecular formula is C7H9N3O. The van der Waals surface area contributed by atoms with Crippen LogP contribution in [0.15, 0.2) is 12.1 Å². The van der Waals surface area contributed by atoms with Crippen LogP contribution < -0.4 is 5.49 Å². The van der Waals surface area contributed by atoms with E-state index in [0.29, 0.717) is 18.9 Å². The van der Waals surface area contributed by atoms with E-state index in [1.165, 1.54) is 0 Å². The van der Waals surface area contributed by atoms with Gasteiger partial charge in [0.2, 0.25) is 0 Å². The summed E-state index contributed by atoms with van der Waals surface area (Å²) in [6, 6.07) is -0.0612. The van der Waals surface area contributed by atoms with Gasteiger partial charge in [-0.3, -0.25) is 10.5 Å². The maximum absolute atomic E-state index is 7.56. The van der Waals surface area contributed by atoms with Crippen molar-refractivity contribution in [1.82, 2.24) is 10.2 Å². The van der Waals surface area contributed by atoms with E-state index < -0.39 is 0 Å². The number of ether oxygens (including phenoxy) is 1. The summed E-state index contributed by atoms with van der Waals surface area (Å²) in [5.74, 6) is 0.119. The van der Waals surface area contributed by atoms with Gasteiger partial charge in [0.1, 0.15) is 5.49 Å². The van der Waals surface area contributed by atoms with Crippen LogP contribution in [0.2, 0.25) is 0 Å². The van der Waals surface area contributed by atoms with Crippen molar-refractivity contribution in [1.29, 1.82) is 5.41 Å². The van der Waals surface area contributed by atoms with E-state index in [2.05, 4.69) is 10.2 Å². The van der Waals surface area contributed by atoms with E-state index in [0.717, 1.165) is 0 Å². The van der Waals surface area contributed by atoms with Gasteiger partial charge in [0.15, 0.2) is 0 Å². The lowest BCUT2D eigenvalue weighted by atomic mass is 10.0. The number of hydrogen-bond acceptors (Lipinski definition) is 3. The molecule has 0 unspecified atom stereocenters. The molecule has 1 aromatic heterocycles. The van der Waals surface area contributed by atoms with Gasteiger partial charge in [-0.25, -0.2) is 0 Å². The van der Waals surface area contributed by atoms with E-state index in [9.17, 15) is 0 Å². The molecule has 58 valence electrons.